The molecule has 0 rings (SSSR count). The molecule has 0 aliphatic carbocycles. The summed E-state index contributed by atoms with van der Waals surface area (Å²) in [7, 11) is 0. The van der Waals surface area contributed by atoms with E-state index in [9.17, 15) is 0 Å². The molecule has 0 saturated carbocycles. The molecule has 0 fully saturated rings. The molecule has 0 aromatic heterocycles. The molecule has 9 heavy (non-hydrogen) atoms. The minimum absolute atomic E-state index is 0.528. The molecule has 0 aromatic rings. The summed E-state index contributed by atoms with van der Waals surface area (Å²) < 4.78 is 3.65. The number of halogens is 1. The monoisotopic (exact) mass is 207 g/mol. The first-order valence-corrected chi connectivity index (χ1v) is 4.25. The summed E-state index contributed by atoms with van der Waals surface area (Å²) in [6.45, 7) is 8.06. The van der Waals surface area contributed by atoms with Gasteiger partial charge in [0.2, 0.25) is 0 Å². The predicted molar refractivity (Wildman–Crippen MR) is 49.0 cm³/mol. The van der Waals surface area contributed by atoms with Crippen LogP contribution in [0.4, 0.5) is 0 Å². The lowest BCUT2D eigenvalue weighted by Crippen LogP contribution is -1.85. The lowest BCUT2D eigenvalue weighted by molar-refractivity contribution is 0.821. The largest absolute Gasteiger partial charge is 0.208 e. The normalized spacial score (nSPS) is 11.1. The average Bonchev–Trinajstić information content (AvgIpc) is 1.82. The van der Waals surface area contributed by atoms with Crippen LogP contribution in [-0.4, -0.2) is 5.55 Å². The van der Waals surface area contributed by atoms with Gasteiger partial charge in [-0.15, -0.1) is 0 Å². The minimum Gasteiger partial charge on any atom is -0.208 e. The van der Waals surface area contributed by atoms with E-state index in [4.69, 9.17) is 0 Å². The summed E-state index contributed by atoms with van der Waals surface area (Å²) in [5.74, 6) is 0.528. The number of hydrogen-bond acceptors (Lipinski definition) is 2. The second kappa shape index (κ2) is 5.06. The molecule has 0 unspecified atom stereocenters. The van der Waals surface area contributed by atoms with Crippen molar-refractivity contribution in [3.05, 3.63) is 11.5 Å². The molecule has 0 aliphatic heterocycles. The van der Waals surface area contributed by atoms with Crippen LogP contribution < -0.4 is 0 Å². The van der Waals surface area contributed by atoms with Crippen molar-refractivity contribution in [3.8, 4) is 0 Å². The highest BCUT2D eigenvalue weighted by Gasteiger charge is 1.96. The Hall–Kier alpha value is 0.240. The van der Waals surface area contributed by atoms with Crippen molar-refractivity contribution in [2.75, 3.05) is 0 Å². The Morgan fingerprint density at radius 3 is 2.67 bits per heavy atom. The van der Waals surface area contributed by atoms with E-state index in [2.05, 4.69) is 40.6 Å². The third kappa shape index (κ3) is 4.73. The molecule has 0 spiro atoms. The number of allylic oxidation sites excluding steroid dienone is 1. The van der Waals surface area contributed by atoms with E-state index < -0.39 is 0 Å². The van der Waals surface area contributed by atoms with Crippen LogP contribution >= 0.6 is 27.9 Å². The maximum Gasteiger partial charge on any atom is 0.0739 e. The van der Waals surface area contributed by atoms with Gasteiger partial charge < -0.3 is 0 Å². The van der Waals surface area contributed by atoms with Gasteiger partial charge in [-0.05, 0) is 10.8 Å². The fourth-order valence-electron chi connectivity index (χ4n) is 0.224. The highest BCUT2D eigenvalue weighted by atomic mass is 79.9. The zero-order chi connectivity index (χ0) is 7.28. The Bertz CT molecular complexity index is 120. The number of rotatable bonds is 3. The standard InChI is InChI=1S/C6H10BrNS/c1-5(2)6(3)9-4-8-7/h4-5H,3H2,1-2H3. The average molecular weight is 208 g/mol. The molecule has 52 valence electrons. The fourth-order valence-corrected chi connectivity index (χ4v) is 0.922. The second-order valence-electron chi connectivity index (χ2n) is 1.94. The molecule has 3 heteroatoms. The molecule has 0 heterocycles. The highest BCUT2D eigenvalue weighted by molar-refractivity contribution is 9.08. The van der Waals surface area contributed by atoms with E-state index in [0.717, 1.165) is 4.91 Å². The number of thioether (sulfide) groups is 1. The van der Waals surface area contributed by atoms with E-state index in [1.165, 1.54) is 0 Å². The molecule has 0 atom stereocenters. The SMILES string of the molecule is C=C(SC=NBr)C(C)C. The quantitative estimate of drug-likeness (QED) is 0.512. The van der Waals surface area contributed by atoms with Crippen molar-refractivity contribution >= 4 is 33.5 Å². The van der Waals surface area contributed by atoms with Crippen LogP contribution in [0.15, 0.2) is 15.5 Å². The number of nitrogens with zero attached hydrogens (tertiary/aromatic N) is 1. The second-order valence-corrected chi connectivity index (χ2v) is 3.32. The Labute approximate surface area is 69.0 Å². The van der Waals surface area contributed by atoms with Crippen molar-refractivity contribution < 1.29 is 0 Å². The summed E-state index contributed by atoms with van der Waals surface area (Å²) in [4.78, 5) is 1.14. The zero-order valence-electron chi connectivity index (χ0n) is 5.60. The molecule has 0 saturated heterocycles. The van der Waals surface area contributed by atoms with Gasteiger partial charge in [-0.1, -0.05) is 32.2 Å². The van der Waals surface area contributed by atoms with Crippen LogP contribution in [0.3, 0.4) is 0 Å². The lowest BCUT2D eigenvalue weighted by Gasteiger charge is -2.02. The van der Waals surface area contributed by atoms with Crippen LogP contribution in [0.1, 0.15) is 13.8 Å². The first kappa shape index (κ1) is 9.24. The van der Waals surface area contributed by atoms with Crippen molar-refractivity contribution in [2.45, 2.75) is 13.8 Å². The third-order valence-electron chi connectivity index (χ3n) is 0.888. The van der Waals surface area contributed by atoms with E-state index in [0.29, 0.717) is 5.92 Å². The Morgan fingerprint density at radius 1 is 1.78 bits per heavy atom. The molecule has 0 N–H and O–H groups in total. The molecular weight excluding hydrogens is 198 g/mol. The Morgan fingerprint density at radius 2 is 2.33 bits per heavy atom. The summed E-state index contributed by atoms with van der Waals surface area (Å²) in [5.41, 5.74) is 1.72. The molecular formula is C6H10BrNS. The van der Waals surface area contributed by atoms with Crippen molar-refractivity contribution in [1.82, 2.24) is 0 Å². The maximum atomic E-state index is 3.84. The van der Waals surface area contributed by atoms with E-state index in [1.807, 2.05) is 0 Å². The zero-order valence-corrected chi connectivity index (χ0v) is 8.00. The maximum absolute atomic E-state index is 3.84. The van der Waals surface area contributed by atoms with Crippen LogP contribution in [0, 0.1) is 5.92 Å². The molecule has 0 amide bonds. The van der Waals surface area contributed by atoms with Crippen LogP contribution in [0.5, 0.6) is 0 Å². The lowest BCUT2D eigenvalue weighted by atomic mass is 10.2. The van der Waals surface area contributed by atoms with Gasteiger partial charge in [-0.2, -0.15) is 0 Å². The van der Waals surface area contributed by atoms with Gasteiger partial charge in [0.25, 0.3) is 0 Å². The van der Waals surface area contributed by atoms with Crippen LogP contribution in [0.25, 0.3) is 0 Å². The summed E-state index contributed by atoms with van der Waals surface area (Å²) in [6, 6.07) is 0. The molecule has 0 radical (unpaired) electrons. The van der Waals surface area contributed by atoms with Gasteiger partial charge in [-0.25, -0.2) is 4.02 Å². The molecule has 0 aliphatic rings. The first-order chi connectivity index (χ1) is 4.18. The minimum atomic E-state index is 0.528. The molecule has 1 nitrogen and oxygen atoms in total. The van der Waals surface area contributed by atoms with Gasteiger partial charge in [0.15, 0.2) is 0 Å². The van der Waals surface area contributed by atoms with Crippen LogP contribution in [-0.2, 0) is 0 Å². The van der Waals surface area contributed by atoms with Gasteiger partial charge in [0.1, 0.15) is 0 Å². The molecule has 0 bridgehead atoms. The summed E-state index contributed by atoms with van der Waals surface area (Å²) >= 11 is 4.49. The van der Waals surface area contributed by atoms with E-state index in [1.54, 1.807) is 17.3 Å². The smallest absolute Gasteiger partial charge is 0.0739 e. The number of hydrogen-bond donors (Lipinski definition) is 0. The summed E-state index contributed by atoms with van der Waals surface area (Å²) in [5, 5.41) is 0. The van der Waals surface area contributed by atoms with Gasteiger partial charge in [0, 0.05) is 0 Å². The van der Waals surface area contributed by atoms with E-state index >= 15 is 0 Å². The fraction of sp³-hybridized carbons (Fsp3) is 0.500. The predicted octanol–water partition coefficient (Wildman–Crippen LogP) is 3.23. The van der Waals surface area contributed by atoms with E-state index in [-0.39, 0.29) is 0 Å². The summed E-state index contributed by atoms with van der Waals surface area (Å²) in [6.07, 6.45) is 0. The Kier molecular flexibility index (Phi) is 5.19. The van der Waals surface area contributed by atoms with Crippen molar-refractivity contribution in [3.63, 3.8) is 0 Å². The Balaban J connectivity index is 3.51. The first-order valence-electron chi connectivity index (χ1n) is 2.66. The molecule has 0 aromatic carbocycles. The van der Waals surface area contributed by atoms with Gasteiger partial charge >= 0.3 is 0 Å². The van der Waals surface area contributed by atoms with Gasteiger partial charge in [-0.3, -0.25) is 0 Å². The van der Waals surface area contributed by atoms with Crippen molar-refractivity contribution in [2.24, 2.45) is 9.94 Å². The topological polar surface area (TPSA) is 12.4 Å². The van der Waals surface area contributed by atoms with Gasteiger partial charge in [0.05, 0.1) is 21.7 Å². The highest BCUT2D eigenvalue weighted by Crippen LogP contribution is 2.19. The van der Waals surface area contributed by atoms with Crippen molar-refractivity contribution in [1.29, 1.82) is 0 Å². The third-order valence-corrected chi connectivity index (χ3v) is 2.35. The van der Waals surface area contributed by atoms with Crippen LogP contribution in [0.2, 0.25) is 0 Å².